The van der Waals surface area contributed by atoms with Crippen molar-refractivity contribution in [1.82, 2.24) is 9.78 Å². The fraction of sp³-hybridized carbons (Fsp3) is 0.182. The molecule has 2 heterocycles. The molecule has 7 nitrogen and oxygen atoms in total. The Labute approximate surface area is 196 Å². The van der Waals surface area contributed by atoms with E-state index in [-0.39, 0.29) is 11.7 Å². The van der Waals surface area contributed by atoms with Crippen molar-refractivity contribution in [2.75, 3.05) is 21.9 Å². The van der Waals surface area contributed by atoms with Gasteiger partial charge in [0, 0.05) is 28.7 Å². The molecule has 0 aliphatic carbocycles. The molecule has 1 aromatic heterocycles. The first-order valence-corrected chi connectivity index (χ1v) is 12.2. The van der Waals surface area contributed by atoms with E-state index in [2.05, 4.69) is 10.4 Å². The van der Waals surface area contributed by atoms with E-state index in [4.69, 9.17) is 23.2 Å². The lowest BCUT2D eigenvalue weighted by Gasteiger charge is -2.16. The van der Waals surface area contributed by atoms with Crippen LogP contribution in [0.2, 0.25) is 10.0 Å². The predicted octanol–water partition coefficient (Wildman–Crippen LogP) is 4.43. The van der Waals surface area contributed by atoms with E-state index in [0.29, 0.717) is 41.1 Å². The third kappa shape index (κ3) is 5.15. The molecule has 10 heteroatoms. The first-order chi connectivity index (χ1) is 15.3. The highest BCUT2D eigenvalue weighted by molar-refractivity contribution is 7.93. The normalized spacial score (nSPS) is 15.4. The standard InChI is InChI=1S/C22H20Cl2N4O3S/c23-18-6-5-17(20(24)14-18)15-27-21(10-11-25-27)26-22(29)9-4-16-2-7-19(8-3-16)28-12-1-13-32(28,30)31/h2-11,14H,1,12-13,15H2,(H,26,29)/b9-4+. The van der Waals surface area contributed by atoms with Gasteiger partial charge in [0.2, 0.25) is 15.9 Å². The lowest BCUT2D eigenvalue weighted by Crippen LogP contribution is -2.24. The van der Waals surface area contributed by atoms with Crippen LogP contribution in [-0.4, -0.2) is 36.4 Å². The summed E-state index contributed by atoms with van der Waals surface area (Å²) in [6.45, 7) is 0.873. The fourth-order valence-corrected chi connectivity index (χ4v) is 5.43. The van der Waals surface area contributed by atoms with Gasteiger partial charge in [-0.05, 0) is 47.9 Å². The Morgan fingerprint density at radius 2 is 1.91 bits per heavy atom. The molecule has 4 rings (SSSR count). The van der Waals surface area contributed by atoms with Crippen molar-refractivity contribution in [3.63, 3.8) is 0 Å². The van der Waals surface area contributed by atoms with Gasteiger partial charge < -0.3 is 5.32 Å². The van der Waals surface area contributed by atoms with Gasteiger partial charge >= 0.3 is 0 Å². The van der Waals surface area contributed by atoms with Gasteiger partial charge in [0.15, 0.2) is 0 Å². The van der Waals surface area contributed by atoms with Crippen LogP contribution in [0, 0.1) is 0 Å². The van der Waals surface area contributed by atoms with E-state index in [9.17, 15) is 13.2 Å². The number of aromatic nitrogens is 2. The maximum absolute atomic E-state index is 12.4. The summed E-state index contributed by atoms with van der Waals surface area (Å²) in [6.07, 6.45) is 5.29. The van der Waals surface area contributed by atoms with Gasteiger partial charge in [-0.1, -0.05) is 41.4 Å². The summed E-state index contributed by atoms with van der Waals surface area (Å²) in [5.41, 5.74) is 2.24. The van der Waals surface area contributed by atoms with Crippen LogP contribution in [0.3, 0.4) is 0 Å². The maximum Gasteiger partial charge on any atom is 0.249 e. The second-order valence-corrected chi connectivity index (χ2v) is 10.1. The predicted molar refractivity (Wildman–Crippen MR) is 128 cm³/mol. The van der Waals surface area contributed by atoms with E-state index < -0.39 is 10.0 Å². The molecule has 2 aromatic carbocycles. The summed E-state index contributed by atoms with van der Waals surface area (Å²) in [7, 11) is -3.21. The molecule has 166 valence electrons. The highest BCUT2D eigenvalue weighted by Crippen LogP contribution is 2.25. The topological polar surface area (TPSA) is 84.3 Å². The summed E-state index contributed by atoms with van der Waals surface area (Å²) in [6, 6.07) is 14.0. The minimum Gasteiger partial charge on any atom is -0.307 e. The van der Waals surface area contributed by atoms with Gasteiger partial charge in [0.25, 0.3) is 0 Å². The molecule has 0 atom stereocenters. The zero-order valence-electron chi connectivity index (χ0n) is 16.9. The highest BCUT2D eigenvalue weighted by atomic mass is 35.5. The van der Waals surface area contributed by atoms with Gasteiger partial charge in [0.05, 0.1) is 24.2 Å². The van der Waals surface area contributed by atoms with Crippen molar-refractivity contribution in [3.8, 4) is 0 Å². The van der Waals surface area contributed by atoms with Crippen LogP contribution in [0.1, 0.15) is 17.5 Å². The van der Waals surface area contributed by atoms with Crippen molar-refractivity contribution in [2.24, 2.45) is 0 Å². The molecule has 3 aromatic rings. The van der Waals surface area contributed by atoms with Gasteiger partial charge in [-0.2, -0.15) is 5.10 Å². The van der Waals surface area contributed by atoms with Crippen molar-refractivity contribution in [2.45, 2.75) is 13.0 Å². The summed E-state index contributed by atoms with van der Waals surface area (Å²) in [5.74, 6) is 0.385. The quantitative estimate of drug-likeness (QED) is 0.517. The molecule has 0 unspecified atom stereocenters. The van der Waals surface area contributed by atoms with Gasteiger partial charge in [-0.25, -0.2) is 13.1 Å². The van der Waals surface area contributed by atoms with Crippen LogP contribution in [0.25, 0.3) is 6.08 Å². The molecule has 0 radical (unpaired) electrons. The molecular formula is C22H20Cl2N4O3S. The fourth-order valence-electron chi connectivity index (χ4n) is 3.40. The number of halogens is 2. The average molecular weight is 491 g/mol. The largest absolute Gasteiger partial charge is 0.307 e. The van der Waals surface area contributed by atoms with E-state index in [0.717, 1.165) is 11.1 Å². The molecule has 1 aliphatic rings. The molecule has 1 amide bonds. The molecule has 0 spiro atoms. The molecule has 1 N–H and O–H groups in total. The Bertz CT molecular complexity index is 1270. The number of anilines is 2. The van der Waals surface area contributed by atoms with Crippen molar-refractivity contribution < 1.29 is 13.2 Å². The second kappa shape index (κ2) is 9.36. The van der Waals surface area contributed by atoms with Crippen LogP contribution >= 0.6 is 23.2 Å². The number of carbonyl (C=O) groups is 1. The molecule has 1 saturated heterocycles. The maximum atomic E-state index is 12.4. The van der Waals surface area contributed by atoms with E-state index >= 15 is 0 Å². The highest BCUT2D eigenvalue weighted by Gasteiger charge is 2.28. The Hall–Kier alpha value is -2.81. The number of nitrogens with zero attached hydrogens (tertiary/aromatic N) is 3. The van der Waals surface area contributed by atoms with Crippen LogP contribution in [0.15, 0.2) is 60.8 Å². The van der Waals surface area contributed by atoms with Gasteiger partial charge in [-0.15, -0.1) is 0 Å². The number of amides is 1. The van der Waals surface area contributed by atoms with Crippen molar-refractivity contribution in [3.05, 3.63) is 82.0 Å². The van der Waals surface area contributed by atoms with Gasteiger partial charge in [0.1, 0.15) is 5.82 Å². The van der Waals surface area contributed by atoms with Crippen LogP contribution in [0.4, 0.5) is 11.5 Å². The number of nitrogens with one attached hydrogen (secondary N) is 1. The third-order valence-corrected chi connectivity index (χ3v) is 7.47. The lowest BCUT2D eigenvalue weighted by molar-refractivity contribution is -0.111. The number of hydrogen-bond donors (Lipinski definition) is 1. The molecule has 1 aliphatic heterocycles. The van der Waals surface area contributed by atoms with Crippen LogP contribution in [-0.2, 0) is 21.4 Å². The van der Waals surface area contributed by atoms with Gasteiger partial charge in [-0.3, -0.25) is 9.10 Å². The summed E-state index contributed by atoms with van der Waals surface area (Å²) in [4.78, 5) is 12.4. The Morgan fingerprint density at radius 1 is 1.12 bits per heavy atom. The number of sulfonamides is 1. The second-order valence-electron chi connectivity index (χ2n) is 7.27. The molecule has 1 fully saturated rings. The zero-order valence-corrected chi connectivity index (χ0v) is 19.2. The van der Waals surface area contributed by atoms with E-state index in [1.54, 1.807) is 59.4 Å². The van der Waals surface area contributed by atoms with Crippen molar-refractivity contribution >= 4 is 56.7 Å². The SMILES string of the molecule is O=C(/C=C/c1ccc(N2CCCS2(=O)=O)cc1)Nc1ccnn1Cc1ccc(Cl)cc1Cl. The Kier molecular flexibility index (Phi) is 6.55. The molecule has 0 bridgehead atoms. The third-order valence-electron chi connectivity index (χ3n) is 5.01. The summed E-state index contributed by atoms with van der Waals surface area (Å²) < 4.78 is 27.1. The number of rotatable bonds is 6. The first-order valence-electron chi connectivity index (χ1n) is 9.87. The Balaban J connectivity index is 1.40. The average Bonchev–Trinajstić information content (AvgIpc) is 3.34. The Morgan fingerprint density at radius 3 is 2.59 bits per heavy atom. The molecular weight excluding hydrogens is 471 g/mol. The number of benzene rings is 2. The minimum absolute atomic E-state index is 0.176. The van der Waals surface area contributed by atoms with Crippen LogP contribution in [0.5, 0.6) is 0 Å². The number of carbonyl (C=O) groups excluding carboxylic acids is 1. The lowest BCUT2D eigenvalue weighted by atomic mass is 10.2. The first kappa shape index (κ1) is 22.4. The van der Waals surface area contributed by atoms with Crippen LogP contribution < -0.4 is 9.62 Å². The van der Waals surface area contributed by atoms with Crippen molar-refractivity contribution in [1.29, 1.82) is 0 Å². The van der Waals surface area contributed by atoms with E-state index in [1.807, 2.05) is 6.07 Å². The number of hydrogen-bond acceptors (Lipinski definition) is 4. The zero-order chi connectivity index (χ0) is 22.7. The molecule has 32 heavy (non-hydrogen) atoms. The smallest absolute Gasteiger partial charge is 0.249 e. The summed E-state index contributed by atoms with van der Waals surface area (Å²) >= 11 is 12.2. The summed E-state index contributed by atoms with van der Waals surface area (Å²) in [5, 5.41) is 8.11. The minimum atomic E-state index is -3.21. The molecule has 0 saturated carbocycles. The van der Waals surface area contributed by atoms with E-state index in [1.165, 1.54) is 10.4 Å². The monoisotopic (exact) mass is 490 g/mol.